The molecule has 98 valence electrons. The average molecular weight is 301 g/mol. The van der Waals surface area contributed by atoms with Crippen molar-refractivity contribution in [3.05, 3.63) is 10.4 Å². The second-order valence-corrected chi connectivity index (χ2v) is 6.96. The topological polar surface area (TPSA) is 104 Å². The van der Waals surface area contributed by atoms with Crippen LogP contribution in [0.25, 0.3) is 0 Å². The van der Waals surface area contributed by atoms with Gasteiger partial charge in [-0.3, -0.25) is 0 Å². The fourth-order valence-corrected chi connectivity index (χ4v) is 4.33. The van der Waals surface area contributed by atoms with Gasteiger partial charge in [-0.2, -0.15) is 4.31 Å². The minimum Gasteiger partial charge on any atom is -0.397 e. The molecule has 0 atom stereocenters. The standard InChI is InChI=1S/C8H13ClN2O4S2/c9-8-6(10)5-7(16-8)17(14,15)11(1-3-12)2-4-13/h5,12-13H,1-4,10H2. The highest BCUT2D eigenvalue weighted by molar-refractivity contribution is 7.91. The van der Waals surface area contributed by atoms with E-state index in [4.69, 9.17) is 27.5 Å². The fourth-order valence-electron chi connectivity index (χ4n) is 1.19. The Labute approximate surface area is 108 Å². The van der Waals surface area contributed by atoms with E-state index >= 15 is 0 Å². The SMILES string of the molecule is Nc1cc(S(=O)(=O)N(CCO)CCO)sc1Cl. The molecule has 0 spiro atoms. The van der Waals surface area contributed by atoms with Gasteiger partial charge in [0.05, 0.1) is 18.9 Å². The van der Waals surface area contributed by atoms with Gasteiger partial charge in [-0.1, -0.05) is 11.6 Å². The monoisotopic (exact) mass is 300 g/mol. The maximum absolute atomic E-state index is 12.1. The summed E-state index contributed by atoms with van der Waals surface area (Å²) in [6.45, 7) is -0.821. The van der Waals surface area contributed by atoms with Crippen LogP contribution in [-0.4, -0.2) is 49.2 Å². The summed E-state index contributed by atoms with van der Waals surface area (Å²) in [6.07, 6.45) is 0. The van der Waals surface area contributed by atoms with E-state index in [-0.39, 0.29) is 40.5 Å². The van der Waals surface area contributed by atoms with Crippen molar-refractivity contribution >= 4 is 38.6 Å². The molecular weight excluding hydrogens is 288 g/mol. The summed E-state index contributed by atoms with van der Waals surface area (Å²) in [7, 11) is -3.76. The van der Waals surface area contributed by atoms with Crippen LogP contribution < -0.4 is 5.73 Å². The number of rotatable bonds is 6. The molecule has 0 saturated heterocycles. The number of nitrogens with zero attached hydrogens (tertiary/aromatic N) is 1. The lowest BCUT2D eigenvalue weighted by Crippen LogP contribution is -2.35. The van der Waals surface area contributed by atoms with Gasteiger partial charge in [0, 0.05) is 13.1 Å². The highest BCUT2D eigenvalue weighted by Gasteiger charge is 2.26. The molecular formula is C8H13ClN2O4S2. The maximum atomic E-state index is 12.1. The summed E-state index contributed by atoms with van der Waals surface area (Å²) in [4.78, 5) is 0. The Morgan fingerprint density at radius 1 is 1.35 bits per heavy atom. The van der Waals surface area contributed by atoms with E-state index < -0.39 is 10.0 Å². The van der Waals surface area contributed by atoms with Crippen LogP contribution in [0, 0.1) is 0 Å². The zero-order chi connectivity index (χ0) is 13.1. The molecule has 1 aromatic rings. The van der Waals surface area contributed by atoms with E-state index in [1.807, 2.05) is 0 Å². The van der Waals surface area contributed by atoms with Gasteiger partial charge in [-0.15, -0.1) is 11.3 Å². The van der Waals surface area contributed by atoms with E-state index in [9.17, 15) is 8.42 Å². The van der Waals surface area contributed by atoms with Crippen LogP contribution in [0.2, 0.25) is 4.34 Å². The normalized spacial score (nSPS) is 12.2. The molecule has 4 N–H and O–H groups in total. The van der Waals surface area contributed by atoms with Crippen LogP contribution >= 0.6 is 22.9 Å². The number of nitrogens with two attached hydrogens (primary N) is 1. The fraction of sp³-hybridized carbons (Fsp3) is 0.500. The van der Waals surface area contributed by atoms with Crippen molar-refractivity contribution in [3.63, 3.8) is 0 Å². The van der Waals surface area contributed by atoms with Crippen molar-refractivity contribution in [2.45, 2.75) is 4.21 Å². The van der Waals surface area contributed by atoms with E-state index in [2.05, 4.69) is 0 Å². The second kappa shape index (κ2) is 5.98. The number of hydrogen-bond donors (Lipinski definition) is 3. The van der Waals surface area contributed by atoms with E-state index in [1.165, 1.54) is 6.07 Å². The summed E-state index contributed by atoms with van der Waals surface area (Å²) in [5.74, 6) is 0. The molecule has 0 aliphatic carbocycles. The molecule has 6 nitrogen and oxygen atoms in total. The Kier molecular flexibility index (Phi) is 5.17. The van der Waals surface area contributed by atoms with Crippen LogP contribution in [0.1, 0.15) is 0 Å². The lowest BCUT2D eigenvalue weighted by molar-refractivity contribution is 0.217. The summed E-state index contributed by atoms with van der Waals surface area (Å²) in [6, 6.07) is 1.27. The van der Waals surface area contributed by atoms with Gasteiger partial charge < -0.3 is 15.9 Å². The summed E-state index contributed by atoms with van der Waals surface area (Å²) in [5.41, 5.74) is 5.68. The first-order valence-corrected chi connectivity index (χ1v) is 7.33. The van der Waals surface area contributed by atoms with Crippen LogP contribution in [0.4, 0.5) is 5.69 Å². The first-order valence-electron chi connectivity index (χ1n) is 4.70. The van der Waals surface area contributed by atoms with Crippen LogP contribution in [-0.2, 0) is 10.0 Å². The van der Waals surface area contributed by atoms with Crippen LogP contribution in [0.5, 0.6) is 0 Å². The van der Waals surface area contributed by atoms with E-state index in [1.54, 1.807) is 0 Å². The quantitative estimate of drug-likeness (QED) is 0.684. The summed E-state index contributed by atoms with van der Waals surface area (Å²) in [5, 5.41) is 17.6. The van der Waals surface area contributed by atoms with Gasteiger partial charge in [0.25, 0.3) is 10.0 Å². The molecule has 0 aromatic carbocycles. The minimum absolute atomic E-state index is 0.00176. The number of aliphatic hydroxyl groups is 2. The second-order valence-electron chi connectivity index (χ2n) is 3.15. The minimum atomic E-state index is -3.76. The Balaban J connectivity index is 3.06. The van der Waals surface area contributed by atoms with Crippen molar-refractivity contribution in [2.75, 3.05) is 32.0 Å². The zero-order valence-electron chi connectivity index (χ0n) is 8.84. The lowest BCUT2D eigenvalue weighted by Gasteiger charge is -2.18. The number of aliphatic hydroxyl groups excluding tert-OH is 2. The number of halogens is 1. The number of hydrogen-bond acceptors (Lipinski definition) is 6. The van der Waals surface area contributed by atoms with Gasteiger partial charge >= 0.3 is 0 Å². The third-order valence-corrected chi connectivity index (χ3v) is 5.72. The molecule has 0 radical (unpaired) electrons. The first-order chi connectivity index (χ1) is 7.93. The number of thiophene rings is 1. The van der Waals surface area contributed by atoms with Crippen molar-refractivity contribution in [3.8, 4) is 0 Å². The maximum Gasteiger partial charge on any atom is 0.252 e. The number of nitrogen functional groups attached to an aromatic ring is 1. The molecule has 17 heavy (non-hydrogen) atoms. The first kappa shape index (κ1) is 14.7. The smallest absolute Gasteiger partial charge is 0.252 e. The molecule has 0 amide bonds. The van der Waals surface area contributed by atoms with Crippen molar-refractivity contribution in [2.24, 2.45) is 0 Å². The lowest BCUT2D eigenvalue weighted by atomic mass is 10.6. The van der Waals surface area contributed by atoms with Gasteiger partial charge in [-0.05, 0) is 6.07 Å². The highest BCUT2D eigenvalue weighted by Crippen LogP contribution is 2.34. The Morgan fingerprint density at radius 2 is 1.88 bits per heavy atom. The number of sulfonamides is 1. The van der Waals surface area contributed by atoms with Crippen molar-refractivity contribution in [1.82, 2.24) is 4.31 Å². The average Bonchev–Trinajstić information content (AvgIpc) is 2.59. The third-order valence-electron chi connectivity index (χ3n) is 1.98. The Hall–Kier alpha value is -0.380. The molecule has 0 bridgehead atoms. The van der Waals surface area contributed by atoms with Crippen LogP contribution in [0.3, 0.4) is 0 Å². The van der Waals surface area contributed by atoms with Gasteiger partial charge in [0.15, 0.2) is 0 Å². The third kappa shape index (κ3) is 3.30. The van der Waals surface area contributed by atoms with Gasteiger partial charge in [0.1, 0.15) is 8.55 Å². The summed E-state index contributed by atoms with van der Waals surface area (Å²) >= 11 is 6.55. The summed E-state index contributed by atoms with van der Waals surface area (Å²) < 4.78 is 25.3. The molecule has 9 heteroatoms. The van der Waals surface area contributed by atoms with Crippen LogP contribution in [0.15, 0.2) is 10.3 Å². The molecule has 0 fully saturated rings. The van der Waals surface area contributed by atoms with E-state index in [0.717, 1.165) is 15.6 Å². The molecule has 0 saturated carbocycles. The number of anilines is 1. The predicted molar refractivity (Wildman–Crippen MR) is 66.7 cm³/mol. The van der Waals surface area contributed by atoms with E-state index in [0.29, 0.717) is 0 Å². The predicted octanol–water partition coefficient (Wildman–Crippen LogP) is -0.0410. The molecule has 0 aliphatic rings. The molecule has 0 aliphatic heterocycles. The van der Waals surface area contributed by atoms with Gasteiger partial charge in [0.2, 0.25) is 0 Å². The molecule has 0 unspecified atom stereocenters. The largest absolute Gasteiger partial charge is 0.397 e. The molecule has 1 heterocycles. The van der Waals surface area contributed by atoms with Crippen molar-refractivity contribution in [1.29, 1.82) is 0 Å². The molecule has 1 aromatic heterocycles. The Morgan fingerprint density at radius 3 is 2.24 bits per heavy atom. The Bertz CT molecular complexity index is 448. The molecule has 1 rings (SSSR count). The highest BCUT2D eigenvalue weighted by atomic mass is 35.5. The van der Waals surface area contributed by atoms with Gasteiger partial charge in [-0.25, -0.2) is 8.42 Å². The van der Waals surface area contributed by atoms with Crippen molar-refractivity contribution < 1.29 is 18.6 Å². The zero-order valence-corrected chi connectivity index (χ0v) is 11.2.